The van der Waals surface area contributed by atoms with Crippen LogP contribution in [0.4, 0.5) is 0 Å². The predicted octanol–water partition coefficient (Wildman–Crippen LogP) is 1.84. The molecule has 0 aromatic rings. The van der Waals surface area contributed by atoms with E-state index in [1.54, 1.807) is 0 Å². The van der Waals surface area contributed by atoms with E-state index < -0.39 is 5.60 Å². The summed E-state index contributed by atoms with van der Waals surface area (Å²) in [5.74, 6) is 1.32. The summed E-state index contributed by atoms with van der Waals surface area (Å²) < 4.78 is 0. The molecule has 0 radical (unpaired) electrons. The summed E-state index contributed by atoms with van der Waals surface area (Å²) in [6.45, 7) is 13.0. The third-order valence-electron chi connectivity index (χ3n) is 3.58. The van der Waals surface area contributed by atoms with Crippen LogP contribution >= 0.6 is 0 Å². The van der Waals surface area contributed by atoms with Gasteiger partial charge in [-0.05, 0) is 23.3 Å². The first-order valence-electron chi connectivity index (χ1n) is 5.46. The molecule has 0 heterocycles. The molecule has 0 aliphatic rings. The van der Waals surface area contributed by atoms with Gasteiger partial charge in [0, 0.05) is 10.2 Å². The Labute approximate surface area is 86.4 Å². The van der Waals surface area contributed by atoms with Crippen LogP contribution in [0, 0.1) is 17.8 Å². The zero-order chi connectivity index (χ0) is 10.8. The molecule has 0 aromatic carbocycles. The van der Waals surface area contributed by atoms with Gasteiger partial charge in [-0.15, -0.1) is 0 Å². The van der Waals surface area contributed by atoms with Crippen LogP contribution in [0.25, 0.3) is 0 Å². The van der Waals surface area contributed by atoms with Crippen molar-refractivity contribution < 1.29 is 5.11 Å². The summed E-state index contributed by atoms with van der Waals surface area (Å²) in [5.41, 5.74) is 0.0351. The minimum absolute atomic E-state index is 0.359. The maximum Gasteiger partial charge on any atom is 0.0691 e. The van der Waals surface area contributed by atoms with Gasteiger partial charge < -0.3 is 5.11 Å². The van der Waals surface area contributed by atoms with Gasteiger partial charge in [-0.25, -0.2) is 0 Å². The minimum Gasteiger partial charge on any atom is -0.389 e. The second-order valence-electron chi connectivity index (χ2n) is 5.23. The molecular weight excluding hydrogens is 176 g/mol. The molecule has 0 aliphatic heterocycles. The third-order valence-corrected chi connectivity index (χ3v) is 5.84. The fourth-order valence-electron chi connectivity index (χ4n) is 2.25. The van der Waals surface area contributed by atoms with Crippen molar-refractivity contribution in [3.63, 3.8) is 0 Å². The predicted molar refractivity (Wildman–Crippen MR) is 63.2 cm³/mol. The molecule has 0 fully saturated rings. The van der Waals surface area contributed by atoms with Crippen molar-refractivity contribution in [2.45, 2.75) is 52.7 Å². The highest BCUT2D eigenvalue weighted by Gasteiger charge is 2.40. The molecule has 1 atom stereocenters. The maximum absolute atomic E-state index is 10.6. The fraction of sp³-hybridized carbons (Fsp3) is 1.00. The molecule has 0 spiro atoms. The molecule has 1 nitrogen and oxygen atoms in total. The monoisotopic (exact) mass is 202 g/mol. The van der Waals surface area contributed by atoms with Gasteiger partial charge in [-0.3, -0.25) is 0 Å². The molecule has 2 heteroatoms. The summed E-state index contributed by atoms with van der Waals surface area (Å²) in [6.07, 6.45) is 0. The lowest BCUT2D eigenvalue weighted by molar-refractivity contribution is -0.0614. The molecular formula is C11H26OSi. The van der Waals surface area contributed by atoms with Crippen LogP contribution in [-0.4, -0.2) is 21.0 Å². The first-order chi connectivity index (χ1) is 5.74. The van der Waals surface area contributed by atoms with E-state index in [4.69, 9.17) is 0 Å². The Hall–Kier alpha value is 0.177. The summed E-state index contributed by atoms with van der Waals surface area (Å²) in [6, 6.07) is 0. The van der Waals surface area contributed by atoms with E-state index >= 15 is 0 Å². The number of rotatable bonds is 4. The molecule has 0 aromatic heterocycles. The lowest BCUT2D eigenvalue weighted by atomic mass is 9.74. The van der Waals surface area contributed by atoms with Crippen molar-refractivity contribution >= 4 is 10.2 Å². The second-order valence-corrected chi connectivity index (χ2v) is 6.47. The molecule has 0 aliphatic carbocycles. The van der Waals surface area contributed by atoms with Crippen molar-refractivity contribution in [2.24, 2.45) is 17.8 Å². The Balaban J connectivity index is 4.79. The standard InChI is InChI=1S/C11H26OSi/c1-7(2)10(13)11(12,8(3)4)9(5)6/h7-10,12H,1-6,13H3. The lowest BCUT2D eigenvalue weighted by Crippen LogP contribution is -2.46. The Bertz CT molecular complexity index is 144. The molecule has 80 valence electrons. The molecule has 0 amide bonds. The Morgan fingerprint density at radius 2 is 1.23 bits per heavy atom. The smallest absolute Gasteiger partial charge is 0.0691 e. The largest absolute Gasteiger partial charge is 0.389 e. The van der Waals surface area contributed by atoms with E-state index in [1.807, 2.05) is 0 Å². The summed E-state index contributed by atoms with van der Waals surface area (Å²) >= 11 is 0. The highest BCUT2D eigenvalue weighted by atomic mass is 28.1. The van der Waals surface area contributed by atoms with Gasteiger partial charge in [0.2, 0.25) is 0 Å². The van der Waals surface area contributed by atoms with Gasteiger partial charge in [0.25, 0.3) is 0 Å². The molecule has 0 saturated heterocycles. The molecule has 0 rings (SSSR count). The summed E-state index contributed by atoms with van der Waals surface area (Å²) in [5, 5.41) is 10.6. The van der Waals surface area contributed by atoms with E-state index in [0.717, 1.165) is 10.2 Å². The van der Waals surface area contributed by atoms with Gasteiger partial charge >= 0.3 is 0 Å². The van der Waals surface area contributed by atoms with Crippen molar-refractivity contribution in [3.8, 4) is 0 Å². The average Bonchev–Trinajstić information content (AvgIpc) is 2.00. The van der Waals surface area contributed by atoms with Crippen molar-refractivity contribution in [1.29, 1.82) is 0 Å². The van der Waals surface area contributed by atoms with Crippen LogP contribution in [0.2, 0.25) is 5.54 Å². The van der Waals surface area contributed by atoms with E-state index in [0.29, 0.717) is 23.3 Å². The summed E-state index contributed by atoms with van der Waals surface area (Å²) in [7, 11) is 1.08. The van der Waals surface area contributed by atoms with Gasteiger partial charge in [0.1, 0.15) is 0 Å². The van der Waals surface area contributed by atoms with E-state index in [1.165, 1.54) is 0 Å². The van der Waals surface area contributed by atoms with Gasteiger partial charge in [0.05, 0.1) is 5.60 Å². The Kier molecular flexibility index (Phi) is 4.67. The van der Waals surface area contributed by atoms with Gasteiger partial charge in [0.15, 0.2) is 0 Å². The Morgan fingerprint density at radius 1 is 0.923 bits per heavy atom. The third kappa shape index (κ3) is 2.56. The maximum atomic E-state index is 10.6. The lowest BCUT2D eigenvalue weighted by Gasteiger charge is -2.43. The first-order valence-corrected chi connectivity index (χ1v) is 6.62. The molecule has 1 unspecified atom stereocenters. The molecule has 1 N–H and O–H groups in total. The van der Waals surface area contributed by atoms with Crippen LogP contribution in [0.1, 0.15) is 41.5 Å². The number of hydrogen-bond acceptors (Lipinski definition) is 1. The van der Waals surface area contributed by atoms with E-state index in [9.17, 15) is 5.11 Å². The number of aliphatic hydroxyl groups is 1. The fourth-order valence-corrected chi connectivity index (χ4v) is 3.59. The van der Waals surface area contributed by atoms with E-state index in [2.05, 4.69) is 41.5 Å². The summed E-state index contributed by atoms with van der Waals surface area (Å²) in [4.78, 5) is 0. The molecule has 13 heavy (non-hydrogen) atoms. The van der Waals surface area contributed by atoms with Crippen molar-refractivity contribution in [1.82, 2.24) is 0 Å². The second kappa shape index (κ2) is 4.60. The van der Waals surface area contributed by atoms with Crippen LogP contribution in [0.3, 0.4) is 0 Å². The Morgan fingerprint density at radius 3 is 1.31 bits per heavy atom. The van der Waals surface area contributed by atoms with Gasteiger partial charge in [-0.1, -0.05) is 41.5 Å². The van der Waals surface area contributed by atoms with Crippen LogP contribution in [0.15, 0.2) is 0 Å². The average molecular weight is 202 g/mol. The molecule has 0 saturated carbocycles. The minimum atomic E-state index is -0.458. The van der Waals surface area contributed by atoms with Crippen LogP contribution < -0.4 is 0 Å². The highest BCUT2D eigenvalue weighted by Crippen LogP contribution is 2.39. The first kappa shape index (κ1) is 13.2. The normalized spacial score (nSPS) is 16.2. The van der Waals surface area contributed by atoms with Crippen LogP contribution in [-0.2, 0) is 0 Å². The highest BCUT2D eigenvalue weighted by molar-refractivity contribution is 6.12. The molecule has 0 bridgehead atoms. The van der Waals surface area contributed by atoms with Crippen molar-refractivity contribution in [3.05, 3.63) is 0 Å². The van der Waals surface area contributed by atoms with Crippen molar-refractivity contribution in [2.75, 3.05) is 0 Å². The van der Waals surface area contributed by atoms with E-state index in [-0.39, 0.29) is 0 Å². The SMILES string of the molecule is CC(C)C([SiH3])C(O)(C(C)C)C(C)C. The zero-order valence-electron chi connectivity index (χ0n) is 10.3. The quantitative estimate of drug-likeness (QED) is 0.690. The van der Waals surface area contributed by atoms with Gasteiger partial charge in [-0.2, -0.15) is 0 Å². The zero-order valence-corrected chi connectivity index (χ0v) is 12.3. The van der Waals surface area contributed by atoms with Crippen LogP contribution in [0.5, 0.6) is 0 Å². The topological polar surface area (TPSA) is 20.2 Å². The number of hydrogen-bond donors (Lipinski definition) is 1.